The molecule has 4 heteroatoms. The Kier molecular flexibility index (Phi) is 7.04. The van der Waals surface area contributed by atoms with Crippen molar-refractivity contribution in [3.63, 3.8) is 0 Å². The second kappa shape index (κ2) is 10.4. The van der Waals surface area contributed by atoms with Crippen LogP contribution in [-0.2, 0) is 15.0 Å². The fourth-order valence-corrected chi connectivity index (χ4v) is 6.47. The molecule has 206 valence electrons. The van der Waals surface area contributed by atoms with Gasteiger partial charge in [0.15, 0.2) is 0 Å². The molecule has 1 aliphatic carbocycles. The van der Waals surface area contributed by atoms with Gasteiger partial charge in [0.25, 0.3) is 0 Å². The summed E-state index contributed by atoms with van der Waals surface area (Å²) in [5, 5.41) is 0. The highest BCUT2D eigenvalue weighted by Crippen LogP contribution is 2.61. The standard InChI is InChI=1S/C37H34O4/c1-9-31(38)40-35-25(7)21(3)19-23(5)33(35)37(29-17-13-11-15-27(29)28-16-12-14-18-30(28)37)34-24(6)20-22(4)26(8)36(34)41-32(39)10-2/h9-20H,1-2H2,3-8H3. The van der Waals surface area contributed by atoms with Crippen molar-refractivity contribution in [2.45, 2.75) is 47.0 Å². The lowest BCUT2D eigenvalue weighted by Crippen LogP contribution is -2.33. The van der Waals surface area contributed by atoms with E-state index < -0.39 is 17.4 Å². The number of carbonyl (C=O) groups excluding carboxylic acids is 2. The van der Waals surface area contributed by atoms with Crippen LogP contribution in [0.5, 0.6) is 11.5 Å². The zero-order valence-electron chi connectivity index (χ0n) is 24.5. The van der Waals surface area contributed by atoms with E-state index in [1.165, 1.54) is 12.2 Å². The Morgan fingerprint density at radius 3 is 1.34 bits per heavy atom. The summed E-state index contributed by atoms with van der Waals surface area (Å²) < 4.78 is 12.3. The molecule has 0 saturated heterocycles. The van der Waals surface area contributed by atoms with Crippen molar-refractivity contribution in [1.29, 1.82) is 0 Å². The van der Waals surface area contributed by atoms with Gasteiger partial charge in [0.1, 0.15) is 11.5 Å². The molecular weight excluding hydrogens is 508 g/mol. The zero-order valence-corrected chi connectivity index (χ0v) is 24.5. The van der Waals surface area contributed by atoms with Gasteiger partial charge < -0.3 is 9.47 Å². The SMILES string of the molecule is C=CC(=O)Oc1c(C)c(C)cc(C)c1C1(c2c(C)cc(C)c(C)c2OC(=O)C=C)c2ccccc2-c2ccccc21. The summed E-state index contributed by atoms with van der Waals surface area (Å²) in [6.45, 7) is 19.4. The maximum Gasteiger partial charge on any atom is 0.335 e. The molecule has 41 heavy (non-hydrogen) atoms. The zero-order chi connectivity index (χ0) is 29.6. The fourth-order valence-electron chi connectivity index (χ4n) is 6.47. The summed E-state index contributed by atoms with van der Waals surface area (Å²) >= 11 is 0. The molecule has 0 radical (unpaired) electrons. The third kappa shape index (κ3) is 4.13. The number of rotatable bonds is 6. The van der Waals surface area contributed by atoms with Crippen LogP contribution in [-0.4, -0.2) is 11.9 Å². The molecule has 0 aliphatic heterocycles. The number of esters is 2. The summed E-state index contributed by atoms with van der Waals surface area (Å²) in [5.41, 5.74) is 10.5. The van der Waals surface area contributed by atoms with E-state index in [1.807, 2.05) is 65.8 Å². The van der Waals surface area contributed by atoms with Crippen LogP contribution in [0, 0.1) is 41.5 Å². The number of benzene rings is 4. The van der Waals surface area contributed by atoms with Crippen LogP contribution in [0.15, 0.2) is 86.0 Å². The molecule has 4 nitrogen and oxygen atoms in total. The highest BCUT2D eigenvalue weighted by molar-refractivity contribution is 5.91. The largest absolute Gasteiger partial charge is 0.423 e. The van der Waals surface area contributed by atoms with Crippen molar-refractivity contribution < 1.29 is 19.1 Å². The lowest BCUT2D eigenvalue weighted by Gasteiger charge is -2.39. The first kappa shape index (κ1) is 27.9. The summed E-state index contributed by atoms with van der Waals surface area (Å²) in [6.07, 6.45) is 2.37. The molecule has 1 aliphatic rings. The summed E-state index contributed by atoms with van der Waals surface area (Å²) in [5.74, 6) is -0.108. The van der Waals surface area contributed by atoms with E-state index in [4.69, 9.17) is 9.47 Å². The lowest BCUT2D eigenvalue weighted by molar-refractivity contribution is -0.129. The monoisotopic (exact) mass is 542 g/mol. The topological polar surface area (TPSA) is 52.6 Å². The fraction of sp³-hybridized carbons (Fsp3) is 0.189. The molecule has 0 N–H and O–H groups in total. The van der Waals surface area contributed by atoms with Gasteiger partial charge >= 0.3 is 11.9 Å². The van der Waals surface area contributed by atoms with Gasteiger partial charge in [-0.1, -0.05) is 73.8 Å². The Hall–Kier alpha value is -4.70. The Labute approximate surface area is 242 Å². The van der Waals surface area contributed by atoms with E-state index in [1.54, 1.807) is 0 Å². The van der Waals surface area contributed by atoms with Crippen LogP contribution in [0.25, 0.3) is 11.1 Å². The Bertz CT molecular complexity index is 1640. The van der Waals surface area contributed by atoms with Gasteiger partial charge in [0.2, 0.25) is 0 Å². The number of ether oxygens (including phenoxy) is 2. The normalized spacial score (nSPS) is 12.7. The maximum atomic E-state index is 12.9. The molecule has 0 fully saturated rings. The van der Waals surface area contributed by atoms with E-state index in [2.05, 4.69) is 49.6 Å². The van der Waals surface area contributed by atoms with Crippen LogP contribution in [0.1, 0.15) is 55.6 Å². The van der Waals surface area contributed by atoms with Crippen LogP contribution < -0.4 is 9.47 Å². The minimum absolute atomic E-state index is 0.484. The number of fused-ring (bicyclic) bond motifs is 3. The summed E-state index contributed by atoms with van der Waals surface area (Å²) in [6, 6.07) is 20.9. The molecule has 4 aromatic rings. The first-order valence-electron chi connectivity index (χ1n) is 13.7. The van der Waals surface area contributed by atoms with E-state index in [0.29, 0.717) is 11.5 Å². The predicted octanol–water partition coefficient (Wildman–Crippen LogP) is 8.08. The minimum atomic E-state index is -0.980. The molecule has 0 saturated carbocycles. The highest BCUT2D eigenvalue weighted by atomic mass is 16.5. The molecule has 5 rings (SSSR count). The van der Waals surface area contributed by atoms with Gasteiger partial charge in [-0.2, -0.15) is 0 Å². The van der Waals surface area contributed by atoms with Crippen molar-refractivity contribution in [3.8, 4) is 22.6 Å². The predicted molar refractivity (Wildman–Crippen MR) is 164 cm³/mol. The van der Waals surface area contributed by atoms with Crippen LogP contribution in [0.4, 0.5) is 0 Å². The number of aryl methyl sites for hydroxylation is 4. The summed E-state index contributed by atoms with van der Waals surface area (Å²) in [4.78, 5) is 25.7. The Morgan fingerprint density at radius 1 is 0.610 bits per heavy atom. The van der Waals surface area contributed by atoms with Crippen LogP contribution in [0.2, 0.25) is 0 Å². The van der Waals surface area contributed by atoms with Crippen molar-refractivity contribution in [2.24, 2.45) is 0 Å². The average molecular weight is 543 g/mol. The average Bonchev–Trinajstić information content (AvgIpc) is 3.25. The molecule has 0 aromatic heterocycles. The first-order chi connectivity index (χ1) is 19.6. The molecule has 0 atom stereocenters. The van der Waals surface area contributed by atoms with Crippen LogP contribution in [0.3, 0.4) is 0 Å². The van der Waals surface area contributed by atoms with Gasteiger partial charge in [-0.25, -0.2) is 9.59 Å². The second-order valence-corrected chi connectivity index (χ2v) is 10.8. The Morgan fingerprint density at radius 2 is 0.976 bits per heavy atom. The number of hydrogen-bond acceptors (Lipinski definition) is 4. The van der Waals surface area contributed by atoms with E-state index in [0.717, 1.165) is 66.8 Å². The maximum absolute atomic E-state index is 12.9. The van der Waals surface area contributed by atoms with Gasteiger partial charge in [-0.3, -0.25) is 0 Å². The molecule has 0 heterocycles. The van der Waals surface area contributed by atoms with E-state index in [9.17, 15) is 9.59 Å². The van der Waals surface area contributed by atoms with Crippen LogP contribution >= 0.6 is 0 Å². The second-order valence-electron chi connectivity index (χ2n) is 10.8. The Balaban J connectivity index is 2.10. The third-order valence-corrected chi connectivity index (χ3v) is 8.41. The van der Waals surface area contributed by atoms with Crippen molar-refractivity contribution in [2.75, 3.05) is 0 Å². The first-order valence-corrected chi connectivity index (χ1v) is 13.7. The third-order valence-electron chi connectivity index (χ3n) is 8.41. The van der Waals surface area contributed by atoms with E-state index >= 15 is 0 Å². The molecular formula is C37H34O4. The quantitative estimate of drug-likeness (QED) is 0.124. The lowest BCUT2D eigenvalue weighted by atomic mass is 9.63. The molecule has 0 bridgehead atoms. The smallest absolute Gasteiger partial charge is 0.335 e. The van der Waals surface area contributed by atoms with Crippen molar-refractivity contribution >= 4 is 11.9 Å². The van der Waals surface area contributed by atoms with Crippen molar-refractivity contribution in [1.82, 2.24) is 0 Å². The molecule has 0 unspecified atom stereocenters. The van der Waals surface area contributed by atoms with Gasteiger partial charge in [0.05, 0.1) is 5.41 Å². The number of hydrogen-bond donors (Lipinski definition) is 0. The highest BCUT2D eigenvalue weighted by Gasteiger charge is 2.51. The molecule has 4 aromatic carbocycles. The van der Waals surface area contributed by atoms with Crippen molar-refractivity contribution in [3.05, 3.63) is 142 Å². The van der Waals surface area contributed by atoms with Gasteiger partial charge in [0, 0.05) is 23.3 Å². The minimum Gasteiger partial charge on any atom is -0.423 e. The van der Waals surface area contributed by atoms with Gasteiger partial charge in [-0.15, -0.1) is 0 Å². The van der Waals surface area contributed by atoms with E-state index in [-0.39, 0.29) is 0 Å². The number of carbonyl (C=O) groups is 2. The van der Waals surface area contributed by atoms with Gasteiger partial charge in [-0.05, 0) is 97.2 Å². The molecule has 0 spiro atoms. The summed E-state index contributed by atoms with van der Waals surface area (Å²) in [7, 11) is 0. The molecule has 0 amide bonds.